The third-order valence-electron chi connectivity index (χ3n) is 5.32. The van der Waals surface area contributed by atoms with Crippen LogP contribution < -0.4 is 4.90 Å². The van der Waals surface area contributed by atoms with Gasteiger partial charge in [0.1, 0.15) is 0 Å². The Morgan fingerprint density at radius 2 is 1.93 bits per heavy atom. The molecule has 1 unspecified atom stereocenters. The number of carbonyl (C=O) groups excluding carboxylic acids is 1. The summed E-state index contributed by atoms with van der Waals surface area (Å²) in [5.74, 6) is 0.00133. The molecule has 1 fully saturated rings. The molecule has 1 aliphatic heterocycles. The molecule has 0 radical (unpaired) electrons. The minimum absolute atomic E-state index is 0.00133. The number of thiazole rings is 1. The Balaban J connectivity index is 1.76. The molecule has 1 aromatic heterocycles. The summed E-state index contributed by atoms with van der Waals surface area (Å²) in [6.45, 7) is 9.53. The summed E-state index contributed by atoms with van der Waals surface area (Å²) in [5.41, 5.74) is 6.23. The molecule has 4 nitrogen and oxygen atoms in total. The van der Waals surface area contributed by atoms with Gasteiger partial charge in [-0.1, -0.05) is 35.1 Å². The molecule has 3 aromatic rings. The Kier molecular flexibility index (Phi) is 5.21. The summed E-state index contributed by atoms with van der Waals surface area (Å²) >= 11 is 1.59. The van der Waals surface area contributed by atoms with E-state index in [1.54, 1.807) is 11.3 Å². The lowest BCUT2D eigenvalue weighted by Crippen LogP contribution is -2.37. The molecule has 1 aliphatic rings. The van der Waals surface area contributed by atoms with Crippen LogP contribution in [0.1, 0.15) is 45.5 Å². The number of nitrogens with zero attached hydrogens (tertiary/aromatic N) is 2. The van der Waals surface area contributed by atoms with Crippen LogP contribution in [0.5, 0.6) is 0 Å². The highest BCUT2D eigenvalue weighted by molar-refractivity contribution is 7.22. The number of hydrogen-bond acceptors (Lipinski definition) is 4. The molecular weight excluding hydrogens is 368 g/mol. The van der Waals surface area contributed by atoms with Crippen LogP contribution in [0.3, 0.4) is 0 Å². The molecule has 1 saturated heterocycles. The summed E-state index contributed by atoms with van der Waals surface area (Å²) in [6.07, 6.45) is 2.11. The average Bonchev–Trinajstić information content (AvgIpc) is 3.28. The van der Waals surface area contributed by atoms with Gasteiger partial charge in [-0.2, -0.15) is 0 Å². The smallest absolute Gasteiger partial charge is 0.260 e. The number of anilines is 1. The van der Waals surface area contributed by atoms with Gasteiger partial charge in [-0.25, -0.2) is 4.98 Å². The molecule has 0 N–H and O–H groups in total. The molecule has 0 spiro atoms. The first-order valence-electron chi connectivity index (χ1n) is 9.81. The Morgan fingerprint density at radius 1 is 1.14 bits per heavy atom. The quantitative estimate of drug-likeness (QED) is 0.598. The van der Waals surface area contributed by atoms with E-state index in [0.29, 0.717) is 6.54 Å². The van der Waals surface area contributed by atoms with Crippen LogP contribution in [0.25, 0.3) is 10.2 Å². The van der Waals surface area contributed by atoms with Gasteiger partial charge in [0.05, 0.1) is 22.9 Å². The maximum absolute atomic E-state index is 13.5. The Labute approximate surface area is 170 Å². The average molecular weight is 395 g/mol. The Morgan fingerprint density at radius 3 is 2.64 bits per heavy atom. The fraction of sp³-hybridized carbons (Fsp3) is 0.391. The molecular formula is C23H26N2O2S. The van der Waals surface area contributed by atoms with Gasteiger partial charge < -0.3 is 4.74 Å². The molecule has 0 bridgehead atoms. The number of amides is 1. The van der Waals surface area contributed by atoms with Crippen molar-refractivity contribution in [3.8, 4) is 0 Å². The molecule has 0 saturated carbocycles. The molecule has 2 aromatic carbocycles. The monoisotopic (exact) mass is 394 g/mol. The molecule has 146 valence electrons. The van der Waals surface area contributed by atoms with Crippen LogP contribution >= 0.6 is 11.3 Å². The van der Waals surface area contributed by atoms with Gasteiger partial charge in [0, 0.05) is 12.2 Å². The van der Waals surface area contributed by atoms with Crippen LogP contribution in [-0.2, 0) is 4.74 Å². The summed E-state index contributed by atoms with van der Waals surface area (Å²) in [7, 11) is 0. The number of fused-ring (bicyclic) bond motifs is 1. The first kappa shape index (κ1) is 19.1. The lowest BCUT2D eigenvalue weighted by atomic mass is 10.0. The molecule has 1 amide bonds. The minimum Gasteiger partial charge on any atom is -0.376 e. The van der Waals surface area contributed by atoms with Crippen molar-refractivity contribution in [2.24, 2.45) is 0 Å². The maximum atomic E-state index is 13.5. The molecule has 1 atom stereocenters. The third-order valence-corrected chi connectivity index (χ3v) is 6.34. The van der Waals surface area contributed by atoms with E-state index in [1.807, 2.05) is 30.9 Å². The highest BCUT2D eigenvalue weighted by Gasteiger charge is 2.28. The number of ether oxygens (including phenoxy) is 1. The second-order valence-corrected chi connectivity index (χ2v) is 8.80. The molecule has 28 heavy (non-hydrogen) atoms. The topological polar surface area (TPSA) is 42.4 Å². The number of rotatable bonds is 4. The van der Waals surface area contributed by atoms with Crippen molar-refractivity contribution in [2.45, 2.75) is 46.6 Å². The van der Waals surface area contributed by atoms with Crippen molar-refractivity contribution in [1.29, 1.82) is 0 Å². The summed E-state index contributed by atoms with van der Waals surface area (Å²) in [4.78, 5) is 20.2. The van der Waals surface area contributed by atoms with Gasteiger partial charge in [0.25, 0.3) is 5.91 Å². The normalized spacial score (nSPS) is 16.6. The lowest BCUT2D eigenvalue weighted by Gasteiger charge is -2.24. The van der Waals surface area contributed by atoms with Crippen molar-refractivity contribution >= 4 is 32.6 Å². The van der Waals surface area contributed by atoms with Gasteiger partial charge in [0.2, 0.25) is 0 Å². The van der Waals surface area contributed by atoms with Crippen molar-refractivity contribution in [2.75, 3.05) is 18.1 Å². The third kappa shape index (κ3) is 3.69. The zero-order valence-electron chi connectivity index (χ0n) is 16.9. The van der Waals surface area contributed by atoms with E-state index >= 15 is 0 Å². The summed E-state index contributed by atoms with van der Waals surface area (Å²) in [5, 5.41) is 0.754. The highest BCUT2D eigenvalue weighted by Crippen LogP contribution is 2.33. The zero-order chi connectivity index (χ0) is 19.8. The standard InChI is InChI=1S/C23H26N2O2S/c1-14-7-8-19(16(3)10-14)22(26)25(13-18-6-5-9-27-18)23-24-21-17(4)11-15(2)12-20(21)28-23/h7-8,10-12,18H,5-6,9,13H2,1-4H3. The number of benzene rings is 2. The van der Waals surface area contributed by atoms with E-state index < -0.39 is 0 Å². The second-order valence-electron chi connectivity index (χ2n) is 7.79. The maximum Gasteiger partial charge on any atom is 0.260 e. The van der Waals surface area contributed by atoms with Gasteiger partial charge in [-0.3, -0.25) is 9.69 Å². The van der Waals surface area contributed by atoms with Gasteiger partial charge >= 0.3 is 0 Å². The number of hydrogen-bond donors (Lipinski definition) is 0. The number of carbonyl (C=O) groups is 1. The number of aromatic nitrogens is 1. The van der Waals surface area contributed by atoms with E-state index in [0.717, 1.165) is 57.1 Å². The summed E-state index contributed by atoms with van der Waals surface area (Å²) < 4.78 is 6.96. The van der Waals surface area contributed by atoms with Crippen molar-refractivity contribution < 1.29 is 9.53 Å². The lowest BCUT2D eigenvalue weighted by molar-refractivity contribution is 0.0917. The zero-order valence-corrected chi connectivity index (χ0v) is 17.7. The van der Waals surface area contributed by atoms with E-state index in [9.17, 15) is 4.79 Å². The molecule has 4 rings (SSSR count). The highest BCUT2D eigenvalue weighted by atomic mass is 32.1. The molecule has 0 aliphatic carbocycles. The Bertz CT molecular complexity index is 1030. The van der Waals surface area contributed by atoms with Crippen LogP contribution in [0.4, 0.5) is 5.13 Å². The van der Waals surface area contributed by atoms with Crippen molar-refractivity contribution in [1.82, 2.24) is 4.98 Å². The van der Waals surface area contributed by atoms with Crippen LogP contribution in [-0.4, -0.2) is 30.1 Å². The first-order valence-corrected chi connectivity index (χ1v) is 10.6. The minimum atomic E-state index is 0.00133. The number of aryl methyl sites for hydroxylation is 4. The van der Waals surface area contributed by atoms with Gasteiger partial charge in [-0.15, -0.1) is 0 Å². The molecule has 2 heterocycles. The van der Waals surface area contributed by atoms with Crippen molar-refractivity contribution in [3.05, 3.63) is 58.1 Å². The van der Waals surface area contributed by atoms with Crippen molar-refractivity contribution in [3.63, 3.8) is 0 Å². The Hall–Kier alpha value is -2.24. The van der Waals surface area contributed by atoms with Crippen LogP contribution in [0.2, 0.25) is 0 Å². The van der Waals surface area contributed by atoms with Gasteiger partial charge in [-0.05, 0) is 69.4 Å². The summed E-state index contributed by atoms with van der Waals surface area (Å²) in [6, 6.07) is 10.3. The van der Waals surface area contributed by atoms with Gasteiger partial charge in [0.15, 0.2) is 5.13 Å². The fourth-order valence-electron chi connectivity index (χ4n) is 3.91. The predicted octanol–water partition coefficient (Wildman–Crippen LogP) is 5.36. The predicted molar refractivity (Wildman–Crippen MR) is 116 cm³/mol. The van der Waals surface area contributed by atoms with E-state index in [1.165, 1.54) is 5.56 Å². The van der Waals surface area contributed by atoms with E-state index in [-0.39, 0.29) is 12.0 Å². The van der Waals surface area contributed by atoms with Crippen LogP contribution in [0.15, 0.2) is 30.3 Å². The van der Waals surface area contributed by atoms with E-state index in [4.69, 9.17) is 9.72 Å². The van der Waals surface area contributed by atoms with E-state index in [2.05, 4.69) is 32.0 Å². The fourth-order valence-corrected chi connectivity index (χ4v) is 5.06. The van der Waals surface area contributed by atoms with Crippen LogP contribution in [0, 0.1) is 27.7 Å². The second kappa shape index (κ2) is 7.64. The SMILES string of the molecule is Cc1ccc(C(=O)N(CC2CCCO2)c2nc3c(C)cc(C)cc3s2)c(C)c1. The first-order chi connectivity index (χ1) is 13.4. The largest absolute Gasteiger partial charge is 0.376 e. The molecule has 5 heteroatoms.